The maximum absolute atomic E-state index is 11.5. The number of methoxy groups -OCH3 is 2. The van der Waals surface area contributed by atoms with E-state index in [-0.39, 0.29) is 4.84 Å². The van der Waals surface area contributed by atoms with Crippen molar-refractivity contribution in [2.75, 3.05) is 14.2 Å². The third-order valence-electron chi connectivity index (χ3n) is 2.17. The molecule has 2 rings (SSSR count). The van der Waals surface area contributed by atoms with E-state index < -0.39 is 5.63 Å². The number of rotatable bonds is 2. The average molecular weight is 239 g/mol. The zero-order valence-electron chi connectivity index (χ0n) is 8.70. The van der Waals surface area contributed by atoms with E-state index in [1.165, 1.54) is 14.2 Å². The van der Waals surface area contributed by atoms with Crippen LogP contribution in [0.5, 0.6) is 11.5 Å². The Balaban J connectivity index is 2.88. The molecule has 0 atom stereocenters. The van der Waals surface area contributed by atoms with E-state index in [4.69, 9.17) is 26.1 Å². The van der Waals surface area contributed by atoms with E-state index in [2.05, 4.69) is 4.98 Å². The summed E-state index contributed by atoms with van der Waals surface area (Å²) in [5, 5.41) is 0.367. The quantitative estimate of drug-likeness (QED) is 0.810. The second-order valence-corrected chi connectivity index (χ2v) is 3.43. The molecule has 1 aromatic carbocycles. The Morgan fingerprint density at radius 1 is 1.25 bits per heavy atom. The second kappa shape index (κ2) is 3.97. The molecule has 0 saturated carbocycles. The molecule has 0 unspecified atom stereocenters. The van der Waals surface area contributed by atoms with Gasteiger partial charge in [0.1, 0.15) is 0 Å². The summed E-state index contributed by atoms with van der Waals surface area (Å²) in [6, 6.07) is 3.19. The Bertz CT molecular complexity index is 643. The van der Waals surface area contributed by atoms with Crippen LogP contribution in [0, 0.1) is 4.84 Å². The first-order valence-corrected chi connectivity index (χ1v) is 4.85. The molecule has 0 aliphatic rings. The zero-order chi connectivity index (χ0) is 11.7. The monoisotopic (exact) mass is 239 g/mol. The molecule has 84 valence electrons. The third kappa shape index (κ3) is 1.67. The summed E-state index contributed by atoms with van der Waals surface area (Å²) in [6.45, 7) is 0. The molecular formula is C10H9NO4S. The highest BCUT2D eigenvalue weighted by Gasteiger charge is 2.09. The Morgan fingerprint density at radius 2 is 1.88 bits per heavy atom. The Labute approximate surface area is 95.6 Å². The van der Waals surface area contributed by atoms with Crippen LogP contribution in [-0.4, -0.2) is 19.2 Å². The van der Waals surface area contributed by atoms with Crippen LogP contribution in [-0.2, 0) is 0 Å². The molecule has 0 radical (unpaired) electrons. The van der Waals surface area contributed by atoms with Gasteiger partial charge in [-0.15, -0.1) is 0 Å². The van der Waals surface area contributed by atoms with Crippen molar-refractivity contribution in [1.82, 2.24) is 4.98 Å². The Morgan fingerprint density at radius 3 is 2.50 bits per heavy atom. The largest absolute Gasteiger partial charge is 0.493 e. The average Bonchev–Trinajstić information content (AvgIpc) is 2.27. The van der Waals surface area contributed by atoms with Crippen LogP contribution in [0.2, 0.25) is 0 Å². The Hall–Kier alpha value is -1.82. The lowest BCUT2D eigenvalue weighted by Crippen LogP contribution is -2.02. The van der Waals surface area contributed by atoms with Crippen molar-refractivity contribution in [2.45, 2.75) is 0 Å². The molecule has 0 aliphatic heterocycles. The third-order valence-corrected chi connectivity index (χ3v) is 2.35. The van der Waals surface area contributed by atoms with Gasteiger partial charge in [-0.05, 0) is 12.2 Å². The van der Waals surface area contributed by atoms with Gasteiger partial charge in [0.2, 0.25) is 0 Å². The number of nitrogens with one attached hydrogen (secondary N) is 1. The fraction of sp³-hybridized carbons (Fsp3) is 0.200. The highest BCUT2D eigenvalue weighted by molar-refractivity contribution is 7.71. The van der Waals surface area contributed by atoms with Crippen molar-refractivity contribution in [2.24, 2.45) is 0 Å². The van der Waals surface area contributed by atoms with Crippen LogP contribution in [0.25, 0.3) is 10.9 Å². The normalized spacial score (nSPS) is 10.4. The second-order valence-electron chi connectivity index (χ2n) is 3.05. The van der Waals surface area contributed by atoms with Crippen molar-refractivity contribution < 1.29 is 13.9 Å². The van der Waals surface area contributed by atoms with Gasteiger partial charge in [-0.3, -0.25) is 0 Å². The predicted octanol–water partition coefficient (Wildman–Crippen LogP) is 1.87. The van der Waals surface area contributed by atoms with Gasteiger partial charge >= 0.3 is 5.63 Å². The summed E-state index contributed by atoms with van der Waals surface area (Å²) in [7, 11) is 3.01. The van der Waals surface area contributed by atoms with Crippen molar-refractivity contribution in [3.63, 3.8) is 0 Å². The van der Waals surface area contributed by atoms with E-state index in [1.54, 1.807) is 12.1 Å². The van der Waals surface area contributed by atoms with Crippen molar-refractivity contribution in [3.05, 3.63) is 27.4 Å². The molecule has 0 fully saturated rings. The van der Waals surface area contributed by atoms with E-state index in [9.17, 15) is 4.79 Å². The van der Waals surface area contributed by atoms with Gasteiger partial charge in [0, 0.05) is 12.1 Å². The predicted molar refractivity (Wildman–Crippen MR) is 60.8 cm³/mol. The molecule has 2 aromatic rings. The van der Waals surface area contributed by atoms with Gasteiger partial charge < -0.3 is 18.9 Å². The molecular weight excluding hydrogens is 230 g/mol. The van der Waals surface area contributed by atoms with E-state index >= 15 is 0 Å². The molecule has 6 heteroatoms. The van der Waals surface area contributed by atoms with Crippen LogP contribution < -0.4 is 15.1 Å². The smallest absolute Gasteiger partial charge is 0.347 e. The zero-order valence-corrected chi connectivity index (χ0v) is 9.51. The summed E-state index contributed by atoms with van der Waals surface area (Å²) in [6.07, 6.45) is 0. The van der Waals surface area contributed by atoms with Crippen LogP contribution in [0.15, 0.2) is 21.3 Å². The van der Waals surface area contributed by atoms with Gasteiger partial charge in [0.15, 0.2) is 11.5 Å². The SMILES string of the molecule is COc1cc2[nH]c(=S)oc(=O)c2cc1OC. The topological polar surface area (TPSA) is 64.5 Å². The highest BCUT2D eigenvalue weighted by atomic mass is 32.1. The number of aromatic nitrogens is 1. The minimum Gasteiger partial charge on any atom is -0.493 e. The van der Waals surface area contributed by atoms with Crippen LogP contribution in [0.3, 0.4) is 0 Å². The molecule has 1 aromatic heterocycles. The maximum atomic E-state index is 11.5. The van der Waals surface area contributed by atoms with Gasteiger partial charge in [-0.1, -0.05) is 0 Å². The van der Waals surface area contributed by atoms with E-state index in [0.717, 1.165) is 0 Å². The molecule has 16 heavy (non-hydrogen) atoms. The molecule has 0 spiro atoms. The molecule has 0 saturated heterocycles. The minimum absolute atomic E-state index is 0.0321. The summed E-state index contributed by atoms with van der Waals surface area (Å²) < 4.78 is 15.0. The summed E-state index contributed by atoms with van der Waals surface area (Å²) in [5.41, 5.74) is 0.0543. The molecule has 0 aliphatic carbocycles. The van der Waals surface area contributed by atoms with Crippen LogP contribution >= 0.6 is 12.2 Å². The number of benzene rings is 1. The number of hydrogen-bond donors (Lipinski definition) is 1. The first-order chi connectivity index (χ1) is 7.65. The van der Waals surface area contributed by atoms with Crippen molar-refractivity contribution in [3.8, 4) is 11.5 Å². The Kier molecular flexibility index (Phi) is 2.66. The van der Waals surface area contributed by atoms with Crippen molar-refractivity contribution >= 4 is 23.1 Å². The number of aromatic amines is 1. The summed E-state index contributed by atoms with van der Waals surface area (Å²) in [4.78, 5) is 14.3. The molecule has 0 amide bonds. The fourth-order valence-electron chi connectivity index (χ4n) is 1.43. The van der Waals surface area contributed by atoms with Gasteiger partial charge in [0.25, 0.3) is 4.84 Å². The summed E-state index contributed by atoms with van der Waals surface area (Å²) >= 11 is 4.77. The highest BCUT2D eigenvalue weighted by Crippen LogP contribution is 2.29. The van der Waals surface area contributed by atoms with Gasteiger partial charge in [0.05, 0.1) is 25.1 Å². The molecule has 1 heterocycles. The number of H-pyrrole nitrogens is 1. The molecule has 5 nitrogen and oxygen atoms in total. The van der Waals surface area contributed by atoms with Crippen LogP contribution in [0.4, 0.5) is 0 Å². The van der Waals surface area contributed by atoms with E-state index in [0.29, 0.717) is 22.4 Å². The lowest BCUT2D eigenvalue weighted by atomic mass is 10.2. The van der Waals surface area contributed by atoms with Crippen LogP contribution in [0.1, 0.15) is 0 Å². The summed E-state index contributed by atoms with van der Waals surface area (Å²) in [5.74, 6) is 0.985. The first kappa shape index (κ1) is 10.7. The molecule has 1 N–H and O–H groups in total. The molecule has 0 bridgehead atoms. The number of hydrogen-bond acceptors (Lipinski definition) is 5. The van der Waals surface area contributed by atoms with Gasteiger partial charge in [-0.2, -0.15) is 0 Å². The lowest BCUT2D eigenvalue weighted by Gasteiger charge is -2.07. The minimum atomic E-state index is -0.500. The lowest BCUT2D eigenvalue weighted by molar-refractivity contribution is 0.355. The standard InChI is InChI=1S/C10H9NO4S/c1-13-7-3-5-6(4-8(7)14-2)11-10(16)15-9(5)12/h3-4H,1-2H3,(H,11,16). The van der Waals surface area contributed by atoms with Crippen molar-refractivity contribution in [1.29, 1.82) is 0 Å². The van der Waals surface area contributed by atoms with Gasteiger partial charge in [-0.25, -0.2) is 4.79 Å². The first-order valence-electron chi connectivity index (χ1n) is 4.45. The van der Waals surface area contributed by atoms with E-state index in [1.807, 2.05) is 0 Å². The number of fused-ring (bicyclic) bond motifs is 1. The maximum Gasteiger partial charge on any atom is 0.347 e. The number of ether oxygens (including phenoxy) is 2. The fourth-order valence-corrected chi connectivity index (χ4v) is 1.61.